The third kappa shape index (κ3) is 6.82. The zero-order valence-electron chi connectivity index (χ0n) is 26.2. The van der Waals surface area contributed by atoms with Gasteiger partial charge in [-0.3, -0.25) is 23.9 Å². The van der Waals surface area contributed by atoms with Crippen molar-refractivity contribution < 1.29 is 50.2 Å². The summed E-state index contributed by atoms with van der Waals surface area (Å²) >= 11 is 0. The van der Waals surface area contributed by atoms with Gasteiger partial charge in [-0.25, -0.2) is 17.6 Å². The van der Waals surface area contributed by atoms with Crippen LogP contribution in [0, 0.1) is 24.4 Å². The molecule has 8 nitrogen and oxygen atoms in total. The van der Waals surface area contributed by atoms with Gasteiger partial charge < -0.3 is 15.2 Å². The zero-order chi connectivity index (χ0) is 36.1. The van der Waals surface area contributed by atoms with Crippen LogP contribution in [0.15, 0.2) is 65.6 Å². The number of ether oxygens (including phenoxy) is 1. The number of aliphatic carboxylic acids is 1. The van der Waals surface area contributed by atoms with Crippen molar-refractivity contribution in [1.29, 1.82) is 0 Å². The number of nitrogens with zero attached hydrogens (tertiary/aromatic N) is 2. The van der Waals surface area contributed by atoms with E-state index in [1.165, 1.54) is 12.1 Å². The molecule has 3 heterocycles. The minimum Gasteiger partial charge on any atom is -0.481 e. The maximum Gasteiger partial charge on any atom is 0.416 e. The van der Waals surface area contributed by atoms with E-state index in [1.807, 2.05) is 0 Å². The molecule has 1 saturated heterocycles. The fourth-order valence-electron chi connectivity index (χ4n) is 6.33. The lowest BCUT2D eigenvalue weighted by molar-refractivity contribution is -0.139. The van der Waals surface area contributed by atoms with Gasteiger partial charge in [-0.15, -0.1) is 0 Å². The number of carboxylic acid groups (broad SMARTS) is 1. The maximum absolute atomic E-state index is 15.8. The Hall–Kier alpha value is -5.18. The number of fused-ring (bicyclic) bond motifs is 6. The Labute approximate surface area is 279 Å². The van der Waals surface area contributed by atoms with Crippen molar-refractivity contribution >= 4 is 11.9 Å². The third-order valence-electron chi connectivity index (χ3n) is 8.75. The van der Waals surface area contributed by atoms with Crippen LogP contribution < -0.4 is 15.6 Å². The van der Waals surface area contributed by atoms with Crippen LogP contribution in [-0.2, 0) is 22.2 Å². The molecule has 0 saturated carbocycles. The van der Waals surface area contributed by atoms with E-state index in [4.69, 9.17) is 4.74 Å². The maximum atomic E-state index is 15.8. The molecular formula is C35H28F7N3O5. The Morgan fingerprint density at radius 2 is 1.74 bits per heavy atom. The lowest BCUT2D eigenvalue weighted by Gasteiger charge is -2.34. The average molecular weight is 704 g/mol. The van der Waals surface area contributed by atoms with Gasteiger partial charge in [0, 0.05) is 48.6 Å². The van der Waals surface area contributed by atoms with Crippen molar-refractivity contribution in [3.8, 4) is 22.6 Å². The normalized spacial score (nSPS) is 18.1. The lowest BCUT2D eigenvalue weighted by atomic mass is 9.93. The SMILES string of the molecule is Cc1cccc2c1-c1cc(F)c(F)c(c1)C(CC(=O)O)NC(=O)C(n1cc(CCN3CC(F)C3)c(C(F)(F)F)cc1=O)c1cc(ccc1F)O2. The van der Waals surface area contributed by atoms with E-state index in [-0.39, 0.29) is 54.7 Å². The summed E-state index contributed by atoms with van der Waals surface area (Å²) in [6.45, 7) is 1.61. The summed E-state index contributed by atoms with van der Waals surface area (Å²) in [5.74, 6) is -6.85. The van der Waals surface area contributed by atoms with Crippen LogP contribution in [0.5, 0.6) is 11.5 Å². The van der Waals surface area contributed by atoms with Gasteiger partial charge in [0.2, 0.25) is 5.91 Å². The summed E-state index contributed by atoms with van der Waals surface area (Å²) in [4.78, 5) is 41.1. The fourth-order valence-corrected chi connectivity index (χ4v) is 6.33. The van der Waals surface area contributed by atoms with Gasteiger partial charge >= 0.3 is 12.1 Å². The highest BCUT2D eigenvalue weighted by Gasteiger charge is 2.38. The Kier molecular flexibility index (Phi) is 9.20. The van der Waals surface area contributed by atoms with Gasteiger partial charge in [0.25, 0.3) is 5.56 Å². The number of aromatic nitrogens is 1. The van der Waals surface area contributed by atoms with Gasteiger partial charge in [-0.1, -0.05) is 12.1 Å². The molecule has 50 heavy (non-hydrogen) atoms. The molecule has 3 aromatic carbocycles. The number of likely N-dealkylation sites (tertiary alicyclic amines) is 1. The number of benzene rings is 3. The average Bonchev–Trinajstić information content (AvgIpc) is 3.02. The van der Waals surface area contributed by atoms with Crippen LogP contribution >= 0.6 is 0 Å². The molecule has 2 aliphatic rings. The summed E-state index contributed by atoms with van der Waals surface area (Å²) < 4.78 is 109. The van der Waals surface area contributed by atoms with Crippen LogP contribution in [0.4, 0.5) is 30.7 Å². The number of hydrogen-bond acceptors (Lipinski definition) is 5. The van der Waals surface area contributed by atoms with Gasteiger partial charge in [0.15, 0.2) is 11.6 Å². The number of rotatable bonds is 6. The number of pyridine rings is 1. The smallest absolute Gasteiger partial charge is 0.416 e. The highest BCUT2D eigenvalue weighted by molar-refractivity contribution is 5.85. The van der Waals surface area contributed by atoms with E-state index in [1.54, 1.807) is 24.0 Å². The second-order valence-electron chi connectivity index (χ2n) is 12.2. The summed E-state index contributed by atoms with van der Waals surface area (Å²) in [7, 11) is 0. The van der Waals surface area contributed by atoms with Gasteiger partial charge in [-0.2, -0.15) is 13.2 Å². The molecule has 1 amide bonds. The first-order valence-corrected chi connectivity index (χ1v) is 15.4. The largest absolute Gasteiger partial charge is 0.481 e. The Morgan fingerprint density at radius 3 is 2.42 bits per heavy atom. The number of aryl methyl sites for hydroxylation is 1. The molecule has 4 aromatic rings. The van der Waals surface area contributed by atoms with Crippen molar-refractivity contribution in [3.63, 3.8) is 0 Å². The summed E-state index contributed by atoms with van der Waals surface area (Å²) in [6, 6.07) is 6.22. The van der Waals surface area contributed by atoms with E-state index in [2.05, 4.69) is 5.32 Å². The zero-order valence-corrected chi connectivity index (χ0v) is 26.2. The van der Waals surface area contributed by atoms with Crippen LogP contribution in [0.2, 0.25) is 0 Å². The minimum absolute atomic E-state index is 0.00397. The second kappa shape index (κ2) is 13.3. The highest BCUT2D eigenvalue weighted by Crippen LogP contribution is 2.40. The number of carbonyl (C=O) groups excluding carboxylic acids is 1. The Morgan fingerprint density at radius 1 is 1.00 bits per heavy atom. The molecule has 2 aliphatic heterocycles. The topological polar surface area (TPSA) is 101 Å². The van der Waals surface area contributed by atoms with E-state index < -0.39 is 88.0 Å². The van der Waals surface area contributed by atoms with Crippen LogP contribution in [0.1, 0.15) is 46.3 Å². The van der Waals surface area contributed by atoms with E-state index in [0.29, 0.717) is 10.1 Å². The second-order valence-corrected chi connectivity index (χ2v) is 12.2. The first-order valence-electron chi connectivity index (χ1n) is 15.4. The molecule has 1 fully saturated rings. The van der Waals surface area contributed by atoms with Crippen LogP contribution in [0.3, 0.4) is 0 Å². The monoisotopic (exact) mass is 703 g/mol. The van der Waals surface area contributed by atoms with Gasteiger partial charge in [0.1, 0.15) is 29.5 Å². The van der Waals surface area contributed by atoms with Crippen LogP contribution in [-0.4, -0.2) is 52.3 Å². The Balaban J connectivity index is 1.58. The molecule has 4 bridgehead atoms. The molecule has 2 N–H and O–H groups in total. The summed E-state index contributed by atoms with van der Waals surface area (Å²) in [5, 5.41) is 12.0. The molecular weight excluding hydrogens is 675 g/mol. The van der Waals surface area contributed by atoms with Gasteiger partial charge in [-0.05, 0) is 66.4 Å². The summed E-state index contributed by atoms with van der Waals surface area (Å²) in [6.07, 6.45) is -6.74. The third-order valence-corrected chi connectivity index (χ3v) is 8.75. The fraction of sp³-hybridized carbons (Fsp3) is 0.286. The molecule has 0 radical (unpaired) electrons. The molecule has 6 rings (SSSR count). The Bertz CT molecular complexity index is 2060. The number of carbonyl (C=O) groups is 2. The number of hydrogen-bond donors (Lipinski definition) is 2. The number of carboxylic acids is 1. The predicted octanol–water partition coefficient (Wildman–Crippen LogP) is 6.48. The molecule has 1 aromatic heterocycles. The van der Waals surface area contributed by atoms with Crippen molar-refractivity contribution in [2.24, 2.45) is 0 Å². The number of alkyl halides is 4. The molecule has 0 aliphatic carbocycles. The van der Waals surface area contributed by atoms with Crippen molar-refractivity contribution in [3.05, 3.63) is 116 Å². The number of amides is 1. The molecule has 262 valence electrons. The van der Waals surface area contributed by atoms with E-state index >= 15 is 13.2 Å². The van der Waals surface area contributed by atoms with Crippen LogP contribution in [0.25, 0.3) is 11.1 Å². The lowest BCUT2D eigenvalue weighted by Crippen LogP contribution is -2.49. The van der Waals surface area contributed by atoms with Crippen molar-refractivity contribution in [2.75, 3.05) is 19.6 Å². The standard InChI is InChI=1S/C35H28F7N3O5/c1-17-3-2-4-28-31(17)19-9-23(32(39)26(38)10-19)27(13-30(47)48)43-34(49)33(22-11-21(50-28)5-6-25(22)37)45-14-18(7-8-44-15-20(36)16-44)24(12-29(45)46)35(40,41)42/h2-6,9-12,14,20,27,33H,7-8,13,15-16H2,1H3,(H,43,49)(H,47,48). The van der Waals surface area contributed by atoms with E-state index in [0.717, 1.165) is 30.5 Å². The first-order chi connectivity index (χ1) is 23.6. The molecule has 15 heteroatoms. The quantitative estimate of drug-likeness (QED) is 0.223. The number of halogens is 7. The van der Waals surface area contributed by atoms with Gasteiger partial charge in [0.05, 0.1) is 18.0 Å². The highest BCUT2D eigenvalue weighted by atomic mass is 19.4. The molecule has 2 atom stereocenters. The predicted molar refractivity (Wildman–Crippen MR) is 165 cm³/mol. The summed E-state index contributed by atoms with van der Waals surface area (Å²) in [5.41, 5.74) is -3.47. The number of nitrogens with one attached hydrogen (secondary N) is 1. The minimum atomic E-state index is -5.01. The molecule has 2 unspecified atom stereocenters. The van der Waals surface area contributed by atoms with Crippen molar-refractivity contribution in [1.82, 2.24) is 14.8 Å². The van der Waals surface area contributed by atoms with Crippen molar-refractivity contribution in [2.45, 2.75) is 44.2 Å². The first kappa shape index (κ1) is 34.7. The van der Waals surface area contributed by atoms with E-state index in [9.17, 15) is 37.1 Å². The molecule has 0 spiro atoms.